The highest BCUT2D eigenvalue weighted by molar-refractivity contribution is 9.10. The Morgan fingerprint density at radius 2 is 1.67 bits per heavy atom. The van der Waals surface area contributed by atoms with Crippen molar-refractivity contribution in [2.75, 3.05) is 0 Å². The van der Waals surface area contributed by atoms with Gasteiger partial charge in [-0.25, -0.2) is 0 Å². The molecule has 3 rings (SSSR count). The number of fused-ring (bicyclic) bond motifs is 2. The highest BCUT2D eigenvalue weighted by Crippen LogP contribution is 2.34. The van der Waals surface area contributed by atoms with E-state index in [4.69, 9.17) is 23.2 Å². The van der Waals surface area contributed by atoms with E-state index >= 15 is 0 Å². The van der Waals surface area contributed by atoms with Gasteiger partial charge in [-0.05, 0) is 59.7 Å². The van der Waals surface area contributed by atoms with Gasteiger partial charge in [-0.15, -0.1) is 0 Å². The summed E-state index contributed by atoms with van der Waals surface area (Å²) in [5.74, 6) is 0. The van der Waals surface area contributed by atoms with Gasteiger partial charge in [0.15, 0.2) is 0 Å². The average Bonchev–Trinajstić information content (AvgIpc) is 2.53. The van der Waals surface area contributed by atoms with Crippen molar-refractivity contribution in [3.63, 3.8) is 0 Å². The van der Waals surface area contributed by atoms with Gasteiger partial charge >= 0.3 is 0 Å². The van der Waals surface area contributed by atoms with Gasteiger partial charge in [0.1, 0.15) is 0 Å². The Kier molecular flexibility index (Phi) is 3.40. The van der Waals surface area contributed by atoms with Crippen molar-refractivity contribution in [3.05, 3.63) is 67.1 Å². The van der Waals surface area contributed by atoms with E-state index in [0.717, 1.165) is 28.8 Å². The van der Waals surface area contributed by atoms with E-state index in [1.54, 1.807) is 0 Å². The van der Waals surface area contributed by atoms with Crippen molar-refractivity contribution in [1.82, 2.24) is 0 Å². The topological polar surface area (TPSA) is 0 Å². The maximum absolute atomic E-state index is 6.32. The lowest BCUT2D eigenvalue weighted by atomic mass is 10.0. The van der Waals surface area contributed by atoms with Crippen LogP contribution in [0.15, 0.2) is 34.8 Å². The molecule has 0 atom stereocenters. The van der Waals surface area contributed by atoms with E-state index in [0.29, 0.717) is 5.02 Å². The maximum atomic E-state index is 6.32. The second-order valence-corrected chi connectivity index (χ2v) is 6.29. The summed E-state index contributed by atoms with van der Waals surface area (Å²) in [7, 11) is 0. The van der Waals surface area contributed by atoms with E-state index in [9.17, 15) is 0 Å². The minimum Gasteiger partial charge on any atom is -0.0827 e. The fourth-order valence-corrected chi connectivity index (χ4v) is 3.40. The first kappa shape index (κ1) is 12.5. The first-order chi connectivity index (χ1) is 8.65. The third-order valence-corrected chi connectivity index (χ3v) is 4.82. The Morgan fingerprint density at radius 3 is 2.50 bits per heavy atom. The van der Waals surface area contributed by atoms with Gasteiger partial charge < -0.3 is 0 Å². The number of rotatable bonds is 0. The predicted molar refractivity (Wildman–Crippen MR) is 80.8 cm³/mol. The Morgan fingerprint density at radius 1 is 0.889 bits per heavy atom. The van der Waals surface area contributed by atoms with Crippen molar-refractivity contribution in [1.29, 1.82) is 0 Å². The molecule has 0 saturated carbocycles. The molecule has 0 aliphatic heterocycles. The minimum absolute atomic E-state index is 0.655. The van der Waals surface area contributed by atoms with Crippen molar-refractivity contribution in [2.24, 2.45) is 0 Å². The second kappa shape index (κ2) is 4.88. The van der Waals surface area contributed by atoms with E-state index in [1.807, 2.05) is 6.07 Å². The summed E-state index contributed by atoms with van der Waals surface area (Å²) < 4.78 is 1.13. The number of halogens is 3. The number of hydrogen-bond acceptors (Lipinski definition) is 0. The Balaban J connectivity index is 2.12. The van der Waals surface area contributed by atoms with Crippen LogP contribution < -0.4 is 0 Å². The first-order valence-electron chi connectivity index (χ1n) is 5.88. The van der Waals surface area contributed by atoms with Crippen LogP contribution in [0.4, 0.5) is 0 Å². The lowest BCUT2D eigenvalue weighted by Crippen LogP contribution is -1.94. The molecule has 0 heterocycles. The van der Waals surface area contributed by atoms with Gasteiger partial charge in [0.05, 0.1) is 10.0 Å². The molecule has 3 heteroatoms. The van der Waals surface area contributed by atoms with Gasteiger partial charge in [-0.2, -0.15) is 0 Å². The largest absolute Gasteiger partial charge is 0.0827 e. The van der Waals surface area contributed by atoms with Crippen LogP contribution in [-0.4, -0.2) is 0 Å². The third kappa shape index (κ3) is 2.20. The first-order valence-corrected chi connectivity index (χ1v) is 7.43. The molecule has 0 N–H and O–H groups in total. The molecule has 0 saturated heterocycles. The molecule has 0 aromatic heterocycles. The van der Waals surface area contributed by atoms with Crippen LogP contribution in [0.5, 0.6) is 0 Å². The van der Waals surface area contributed by atoms with Gasteiger partial charge in [0.2, 0.25) is 0 Å². The van der Waals surface area contributed by atoms with Crippen LogP contribution in [0.1, 0.15) is 22.3 Å². The number of benzene rings is 2. The molecule has 2 aromatic rings. The van der Waals surface area contributed by atoms with Crippen LogP contribution in [0.2, 0.25) is 10.0 Å². The number of hydrogen-bond donors (Lipinski definition) is 0. The second-order valence-electron chi connectivity index (χ2n) is 4.59. The van der Waals surface area contributed by atoms with Crippen molar-refractivity contribution < 1.29 is 0 Å². The van der Waals surface area contributed by atoms with E-state index < -0.39 is 0 Å². The molecule has 1 aliphatic carbocycles. The van der Waals surface area contributed by atoms with Gasteiger partial charge in [-0.1, -0.05) is 51.3 Å². The van der Waals surface area contributed by atoms with Crippen molar-refractivity contribution in [2.45, 2.75) is 19.3 Å². The number of aryl methyl sites for hydroxylation is 1. The van der Waals surface area contributed by atoms with Crippen LogP contribution in [0, 0.1) is 0 Å². The summed E-state index contributed by atoms with van der Waals surface area (Å²) in [5.41, 5.74) is 5.28. The zero-order chi connectivity index (χ0) is 12.7. The summed E-state index contributed by atoms with van der Waals surface area (Å²) in [6, 6.07) is 10.5. The molecule has 18 heavy (non-hydrogen) atoms. The minimum atomic E-state index is 0.655. The van der Waals surface area contributed by atoms with E-state index in [1.165, 1.54) is 22.3 Å². The summed E-state index contributed by atoms with van der Waals surface area (Å²) in [4.78, 5) is 0. The molecule has 0 spiro atoms. The van der Waals surface area contributed by atoms with Crippen LogP contribution >= 0.6 is 39.1 Å². The van der Waals surface area contributed by atoms with Gasteiger partial charge in [0.25, 0.3) is 0 Å². The highest BCUT2D eigenvalue weighted by Gasteiger charge is 2.17. The smallest absolute Gasteiger partial charge is 0.0627 e. The maximum Gasteiger partial charge on any atom is 0.0627 e. The van der Waals surface area contributed by atoms with E-state index in [2.05, 4.69) is 40.2 Å². The summed E-state index contributed by atoms with van der Waals surface area (Å²) in [6.07, 6.45) is 2.92. The Bertz CT molecular complexity index is 620. The van der Waals surface area contributed by atoms with Gasteiger partial charge in [0, 0.05) is 4.47 Å². The molecule has 92 valence electrons. The SMILES string of the molecule is Clc1ccc2c(c1Cl)CCc1ccc(Br)cc1C2. The van der Waals surface area contributed by atoms with Gasteiger partial charge in [-0.3, -0.25) is 0 Å². The zero-order valence-corrected chi connectivity index (χ0v) is 12.7. The Labute approximate surface area is 125 Å². The van der Waals surface area contributed by atoms with Crippen LogP contribution in [-0.2, 0) is 19.3 Å². The monoisotopic (exact) mass is 340 g/mol. The quantitative estimate of drug-likeness (QED) is 0.598. The molecule has 0 radical (unpaired) electrons. The molecular weight excluding hydrogens is 331 g/mol. The fourth-order valence-electron chi connectivity index (χ4n) is 2.54. The molecule has 0 nitrogen and oxygen atoms in total. The van der Waals surface area contributed by atoms with Crippen molar-refractivity contribution >= 4 is 39.1 Å². The molecule has 0 fully saturated rings. The summed E-state index contributed by atoms with van der Waals surface area (Å²) in [6.45, 7) is 0. The average molecular weight is 342 g/mol. The lowest BCUT2D eigenvalue weighted by Gasteiger charge is -2.09. The normalized spacial score (nSPS) is 13.7. The van der Waals surface area contributed by atoms with Crippen molar-refractivity contribution in [3.8, 4) is 0 Å². The zero-order valence-electron chi connectivity index (χ0n) is 9.64. The molecule has 1 aliphatic rings. The Hall–Kier alpha value is -0.500. The fraction of sp³-hybridized carbons (Fsp3) is 0.200. The molecule has 2 aromatic carbocycles. The highest BCUT2D eigenvalue weighted by atomic mass is 79.9. The summed E-state index contributed by atoms with van der Waals surface area (Å²) in [5, 5.41) is 1.38. The van der Waals surface area contributed by atoms with Crippen LogP contribution in [0.25, 0.3) is 0 Å². The standard InChI is InChI=1S/C15H11BrCl2/c16-12-4-1-9-2-5-13-10(7-11(9)8-12)3-6-14(17)15(13)18/h1,3-4,6,8H,2,5,7H2. The summed E-state index contributed by atoms with van der Waals surface area (Å²) >= 11 is 15.9. The van der Waals surface area contributed by atoms with Crippen LogP contribution in [0.3, 0.4) is 0 Å². The molecular formula is C15H11BrCl2. The lowest BCUT2D eigenvalue weighted by molar-refractivity contribution is 0.965. The third-order valence-electron chi connectivity index (χ3n) is 3.49. The molecule has 0 amide bonds. The molecule has 0 bridgehead atoms. The molecule has 0 unspecified atom stereocenters. The van der Waals surface area contributed by atoms with E-state index in [-0.39, 0.29) is 0 Å². The predicted octanol–water partition coefficient (Wildman–Crippen LogP) is 5.45.